The number of carbonyl (C=O) groups is 2. The Hall–Kier alpha value is -0.750. The van der Waals surface area contributed by atoms with Crippen LogP contribution in [0.1, 0.15) is 19.3 Å². The maximum Gasteiger partial charge on any atom is 0.326 e. The average Bonchev–Trinajstić information content (AvgIpc) is 2.91. The monoisotopic (exact) mass is 232 g/mol. The third-order valence-electron chi connectivity index (χ3n) is 2.45. The lowest BCUT2D eigenvalue weighted by Crippen LogP contribution is -2.50. The third kappa shape index (κ3) is 3.39. The van der Waals surface area contributed by atoms with Crippen molar-refractivity contribution < 1.29 is 14.7 Å². The largest absolute Gasteiger partial charge is 0.480 e. The van der Waals surface area contributed by atoms with E-state index in [1.54, 1.807) is 11.8 Å². The molecule has 0 aromatic rings. The Balaban J connectivity index is 2.43. The number of nitrogens with one attached hydrogen (secondary N) is 1. The van der Waals surface area contributed by atoms with Crippen LogP contribution in [0.5, 0.6) is 0 Å². The molecule has 0 heterocycles. The third-order valence-corrected chi connectivity index (χ3v) is 3.10. The Morgan fingerprint density at radius 1 is 1.60 bits per heavy atom. The summed E-state index contributed by atoms with van der Waals surface area (Å²) in [7, 11) is 0. The van der Waals surface area contributed by atoms with Crippen molar-refractivity contribution in [3.63, 3.8) is 0 Å². The van der Waals surface area contributed by atoms with Crippen molar-refractivity contribution in [1.82, 2.24) is 5.32 Å². The predicted octanol–water partition coefficient (Wildman–Crippen LogP) is -0.200. The number of hydrogen-bond donors (Lipinski definition) is 3. The molecular weight excluding hydrogens is 216 g/mol. The number of rotatable bonds is 6. The number of hydrogen-bond acceptors (Lipinski definition) is 4. The van der Waals surface area contributed by atoms with Gasteiger partial charge in [0.15, 0.2) is 0 Å². The number of amides is 1. The Bertz CT molecular complexity index is 266. The summed E-state index contributed by atoms with van der Waals surface area (Å²) in [6, 6.07) is -0.814. The van der Waals surface area contributed by atoms with Crippen LogP contribution >= 0.6 is 11.8 Å². The maximum absolute atomic E-state index is 11.5. The molecule has 15 heavy (non-hydrogen) atoms. The van der Waals surface area contributed by atoms with Gasteiger partial charge < -0.3 is 16.2 Å². The van der Waals surface area contributed by atoms with Crippen LogP contribution < -0.4 is 11.1 Å². The molecule has 1 aliphatic carbocycles. The van der Waals surface area contributed by atoms with Gasteiger partial charge in [0.25, 0.3) is 0 Å². The van der Waals surface area contributed by atoms with E-state index in [1.807, 2.05) is 6.26 Å². The second-order valence-corrected chi connectivity index (χ2v) is 4.79. The average molecular weight is 232 g/mol. The lowest BCUT2D eigenvalue weighted by molar-refractivity contribution is -0.142. The van der Waals surface area contributed by atoms with Gasteiger partial charge in [-0.2, -0.15) is 11.8 Å². The predicted molar refractivity (Wildman–Crippen MR) is 58.7 cm³/mol. The second kappa shape index (κ2) is 4.85. The van der Waals surface area contributed by atoms with Crippen molar-refractivity contribution in [3.8, 4) is 0 Å². The molecule has 4 N–H and O–H groups in total. The molecule has 1 saturated carbocycles. The zero-order valence-corrected chi connectivity index (χ0v) is 9.47. The molecule has 1 fully saturated rings. The van der Waals surface area contributed by atoms with Gasteiger partial charge in [-0.3, -0.25) is 4.79 Å². The molecule has 6 heteroatoms. The topological polar surface area (TPSA) is 92.4 Å². The summed E-state index contributed by atoms with van der Waals surface area (Å²) in [5.74, 6) is -0.632. The normalized spacial score (nSPS) is 19.3. The summed E-state index contributed by atoms with van der Waals surface area (Å²) < 4.78 is 0. The summed E-state index contributed by atoms with van der Waals surface area (Å²) in [5.41, 5.74) is 4.86. The first kappa shape index (κ1) is 12.3. The summed E-state index contributed by atoms with van der Waals surface area (Å²) in [5, 5.41) is 11.3. The maximum atomic E-state index is 11.5. The van der Waals surface area contributed by atoms with E-state index in [4.69, 9.17) is 10.8 Å². The van der Waals surface area contributed by atoms with E-state index < -0.39 is 17.6 Å². The molecule has 0 radical (unpaired) electrons. The van der Waals surface area contributed by atoms with Crippen molar-refractivity contribution in [3.05, 3.63) is 0 Å². The van der Waals surface area contributed by atoms with Crippen LogP contribution in [0.15, 0.2) is 0 Å². The van der Waals surface area contributed by atoms with E-state index in [2.05, 4.69) is 5.32 Å². The van der Waals surface area contributed by atoms with E-state index in [0.717, 1.165) is 0 Å². The van der Waals surface area contributed by atoms with Crippen LogP contribution in [0, 0.1) is 0 Å². The molecule has 1 amide bonds. The van der Waals surface area contributed by atoms with Crippen LogP contribution in [0.25, 0.3) is 0 Å². The molecule has 0 aromatic heterocycles. The zero-order chi connectivity index (χ0) is 11.5. The number of aliphatic carboxylic acids is 1. The van der Waals surface area contributed by atoms with E-state index in [-0.39, 0.29) is 5.91 Å². The fourth-order valence-electron chi connectivity index (χ4n) is 1.16. The summed E-state index contributed by atoms with van der Waals surface area (Å²) >= 11 is 1.55. The van der Waals surface area contributed by atoms with Crippen molar-refractivity contribution in [1.29, 1.82) is 0 Å². The summed E-state index contributed by atoms with van der Waals surface area (Å²) in [4.78, 5) is 22.3. The Kier molecular flexibility index (Phi) is 3.98. The van der Waals surface area contributed by atoms with Gasteiger partial charge in [0.2, 0.25) is 5.91 Å². The minimum Gasteiger partial charge on any atom is -0.480 e. The van der Waals surface area contributed by atoms with Crippen molar-refractivity contribution in [2.24, 2.45) is 5.73 Å². The van der Waals surface area contributed by atoms with Gasteiger partial charge in [0.05, 0.1) is 5.54 Å². The van der Waals surface area contributed by atoms with Gasteiger partial charge >= 0.3 is 5.97 Å². The minimum absolute atomic E-state index is 0.337. The highest BCUT2D eigenvalue weighted by atomic mass is 32.2. The molecule has 1 rings (SSSR count). The molecule has 1 atom stereocenters. The van der Waals surface area contributed by atoms with E-state index in [0.29, 0.717) is 25.0 Å². The van der Waals surface area contributed by atoms with Gasteiger partial charge in [0.1, 0.15) is 6.04 Å². The van der Waals surface area contributed by atoms with Crippen molar-refractivity contribution >= 4 is 23.6 Å². The van der Waals surface area contributed by atoms with E-state index >= 15 is 0 Å². The van der Waals surface area contributed by atoms with Gasteiger partial charge in [-0.05, 0) is 31.3 Å². The number of nitrogens with two attached hydrogens (primary N) is 1. The van der Waals surface area contributed by atoms with E-state index in [9.17, 15) is 9.59 Å². The number of carboxylic acid groups (broad SMARTS) is 1. The second-order valence-electron chi connectivity index (χ2n) is 3.80. The van der Waals surface area contributed by atoms with Gasteiger partial charge in [-0.1, -0.05) is 0 Å². The number of carbonyl (C=O) groups excluding carboxylic acids is 1. The van der Waals surface area contributed by atoms with Gasteiger partial charge in [-0.15, -0.1) is 0 Å². The Morgan fingerprint density at radius 3 is 2.60 bits per heavy atom. The van der Waals surface area contributed by atoms with Gasteiger partial charge in [-0.25, -0.2) is 4.79 Å². The van der Waals surface area contributed by atoms with Crippen LogP contribution in [-0.2, 0) is 9.59 Å². The van der Waals surface area contributed by atoms with Crippen LogP contribution in [0.3, 0.4) is 0 Å². The number of carboxylic acids is 1. The lowest BCUT2D eigenvalue weighted by Gasteiger charge is -2.16. The first-order chi connectivity index (χ1) is 6.99. The standard InChI is InChI=1S/C9H16N2O3S/c1-15-5-2-6(7(12)13)11-8(14)9(10)3-4-9/h6H,2-5,10H2,1H3,(H,11,14)(H,12,13)/t6-/m0/s1. The van der Waals surface area contributed by atoms with Gasteiger partial charge in [0, 0.05) is 0 Å². The highest BCUT2D eigenvalue weighted by molar-refractivity contribution is 7.98. The molecular formula is C9H16N2O3S. The molecule has 1 aliphatic rings. The van der Waals surface area contributed by atoms with E-state index in [1.165, 1.54) is 0 Å². The Morgan fingerprint density at radius 2 is 2.20 bits per heavy atom. The Labute approximate surface area is 92.8 Å². The smallest absolute Gasteiger partial charge is 0.326 e. The first-order valence-corrected chi connectivity index (χ1v) is 6.20. The molecule has 0 spiro atoms. The first-order valence-electron chi connectivity index (χ1n) is 4.81. The fourth-order valence-corrected chi connectivity index (χ4v) is 1.63. The highest BCUT2D eigenvalue weighted by Gasteiger charge is 2.46. The van der Waals surface area contributed by atoms with Crippen LogP contribution in [0.2, 0.25) is 0 Å². The SMILES string of the molecule is CSCC[C@H](NC(=O)C1(N)CC1)C(=O)O. The van der Waals surface area contributed by atoms with Crippen molar-refractivity contribution in [2.75, 3.05) is 12.0 Å². The molecule has 0 aliphatic heterocycles. The molecule has 0 aromatic carbocycles. The molecule has 86 valence electrons. The summed E-state index contributed by atoms with van der Waals surface area (Å²) in [6.45, 7) is 0. The minimum atomic E-state index is -0.998. The number of thioether (sulfide) groups is 1. The zero-order valence-electron chi connectivity index (χ0n) is 8.66. The molecule has 5 nitrogen and oxygen atoms in total. The highest BCUT2D eigenvalue weighted by Crippen LogP contribution is 2.32. The molecule has 0 unspecified atom stereocenters. The van der Waals surface area contributed by atoms with Crippen LogP contribution in [0.4, 0.5) is 0 Å². The molecule has 0 saturated heterocycles. The summed E-state index contributed by atoms with van der Waals surface area (Å²) in [6.07, 6.45) is 3.62. The van der Waals surface area contributed by atoms with Crippen LogP contribution in [-0.4, -0.2) is 40.6 Å². The fraction of sp³-hybridized carbons (Fsp3) is 0.778. The molecule has 0 bridgehead atoms. The lowest BCUT2D eigenvalue weighted by atomic mass is 10.2. The van der Waals surface area contributed by atoms with Crippen molar-refractivity contribution in [2.45, 2.75) is 30.8 Å². The quantitative estimate of drug-likeness (QED) is 0.590.